The molecule has 0 heterocycles. The van der Waals surface area contributed by atoms with Gasteiger partial charge in [-0.25, -0.2) is 0 Å². The molecule has 152 valence electrons. The fraction of sp³-hybridized carbons (Fsp3) is 0.250. The molecule has 2 heteroatoms. The number of rotatable bonds is 9. The molecule has 0 radical (unpaired) electrons. The van der Waals surface area contributed by atoms with Crippen molar-refractivity contribution in [2.24, 2.45) is 4.99 Å². The summed E-state index contributed by atoms with van der Waals surface area (Å²) >= 11 is 4.65. The lowest BCUT2D eigenvalue weighted by atomic mass is 9.98. The Balaban J connectivity index is 1.65. The average molecular weight is 412 g/mol. The van der Waals surface area contributed by atoms with Gasteiger partial charge in [-0.1, -0.05) is 92.9 Å². The van der Waals surface area contributed by atoms with Crippen molar-refractivity contribution in [1.82, 2.24) is 0 Å². The molecule has 0 amide bonds. The summed E-state index contributed by atoms with van der Waals surface area (Å²) in [5.41, 5.74) is 8.40. The Bertz CT molecular complexity index is 1010. The van der Waals surface area contributed by atoms with Crippen molar-refractivity contribution < 1.29 is 0 Å². The minimum Gasteiger partial charge on any atom is -0.195 e. The SMILES string of the molecule is CCCCCCc1ccc(-c2ccc(/C(C)=C/c3ccc(N=C=S)cc3)cc2)cc1. The lowest BCUT2D eigenvalue weighted by Gasteiger charge is -2.07. The van der Waals surface area contributed by atoms with Crippen LogP contribution in [0.4, 0.5) is 5.69 Å². The first-order valence-electron chi connectivity index (χ1n) is 10.8. The number of isothiocyanates is 1. The molecule has 3 aromatic carbocycles. The second kappa shape index (κ2) is 11.4. The van der Waals surface area contributed by atoms with Gasteiger partial charge in [-0.2, -0.15) is 4.99 Å². The normalized spacial score (nSPS) is 11.2. The molecule has 0 saturated heterocycles. The summed E-state index contributed by atoms with van der Waals surface area (Å²) in [6.45, 7) is 4.40. The van der Waals surface area contributed by atoms with Crippen molar-refractivity contribution in [3.05, 3.63) is 89.5 Å². The van der Waals surface area contributed by atoms with Crippen LogP contribution in [0.2, 0.25) is 0 Å². The maximum atomic E-state index is 4.65. The molecule has 0 aliphatic heterocycles. The molecule has 0 aliphatic rings. The minimum atomic E-state index is 0.830. The molecule has 0 fully saturated rings. The maximum absolute atomic E-state index is 4.65. The van der Waals surface area contributed by atoms with Crippen LogP contribution in [0.25, 0.3) is 22.8 Å². The van der Waals surface area contributed by atoms with E-state index < -0.39 is 0 Å². The third-order valence-corrected chi connectivity index (χ3v) is 5.49. The van der Waals surface area contributed by atoms with Crippen molar-refractivity contribution in [1.29, 1.82) is 0 Å². The summed E-state index contributed by atoms with van der Waals surface area (Å²) in [4.78, 5) is 4.00. The van der Waals surface area contributed by atoms with Gasteiger partial charge in [0, 0.05) is 0 Å². The number of nitrogens with zero attached hydrogens (tertiary/aromatic N) is 1. The fourth-order valence-corrected chi connectivity index (χ4v) is 3.68. The summed E-state index contributed by atoms with van der Waals surface area (Å²) in [5, 5.41) is 2.40. The maximum Gasteiger partial charge on any atom is 0.0739 e. The van der Waals surface area contributed by atoms with E-state index in [4.69, 9.17) is 0 Å². The van der Waals surface area contributed by atoms with Gasteiger partial charge in [0.25, 0.3) is 0 Å². The molecular formula is C28H29NS. The Morgan fingerprint density at radius 3 is 2.07 bits per heavy atom. The van der Waals surface area contributed by atoms with E-state index in [9.17, 15) is 0 Å². The first-order chi connectivity index (χ1) is 14.7. The van der Waals surface area contributed by atoms with Crippen molar-refractivity contribution >= 4 is 34.7 Å². The molecule has 0 bridgehead atoms. The quantitative estimate of drug-likeness (QED) is 0.148. The van der Waals surface area contributed by atoms with Gasteiger partial charge >= 0.3 is 0 Å². The van der Waals surface area contributed by atoms with Crippen LogP contribution >= 0.6 is 12.2 Å². The summed E-state index contributed by atoms with van der Waals surface area (Å²) in [7, 11) is 0. The van der Waals surface area contributed by atoms with Crippen LogP contribution in [0.3, 0.4) is 0 Å². The Morgan fingerprint density at radius 2 is 1.47 bits per heavy atom. The van der Waals surface area contributed by atoms with E-state index in [2.05, 4.69) is 90.8 Å². The van der Waals surface area contributed by atoms with Crippen LogP contribution in [0.15, 0.2) is 77.8 Å². The van der Waals surface area contributed by atoms with Gasteiger partial charge in [-0.15, -0.1) is 0 Å². The van der Waals surface area contributed by atoms with Crippen LogP contribution in [-0.4, -0.2) is 5.16 Å². The molecule has 0 unspecified atom stereocenters. The lowest BCUT2D eigenvalue weighted by molar-refractivity contribution is 0.667. The molecule has 3 aromatic rings. The van der Waals surface area contributed by atoms with E-state index in [-0.39, 0.29) is 0 Å². The highest BCUT2D eigenvalue weighted by molar-refractivity contribution is 7.78. The van der Waals surface area contributed by atoms with Crippen molar-refractivity contribution in [3.63, 3.8) is 0 Å². The summed E-state index contributed by atoms with van der Waals surface area (Å²) in [6, 6.07) is 25.9. The number of thiocarbonyl (C=S) groups is 1. The topological polar surface area (TPSA) is 12.4 Å². The van der Waals surface area contributed by atoms with Gasteiger partial charge in [0.15, 0.2) is 0 Å². The molecule has 0 aliphatic carbocycles. The largest absolute Gasteiger partial charge is 0.195 e. The third kappa shape index (κ3) is 6.35. The average Bonchev–Trinajstić information content (AvgIpc) is 2.79. The van der Waals surface area contributed by atoms with Crippen molar-refractivity contribution in [2.75, 3.05) is 0 Å². The van der Waals surface area contributed by atoms with Gasteiger partial charge < -0.3 is 0 Å². The van der Waals surface area contributed by atoms with Gasteiger partial charge in [-0.05, 0) is 77.5 Å². The van der Waals surface area contributed by atoms with Gasteiger partial charge in [0.05, 0.1) is 10.8 Å². The second-order valence-corrected chi connectivity index (χ2v) is 7.89. The van der Waals surface area contributed by atoms with Gasteiger partial charge in [-0.3, -0.25) is 0 Å². The molecule has 0 saturated carbocycles. The molecule has 0 atom stereocenters. The Hall–Kier alpha value is -2.80. The van der Waals surface area contributed by atoms with Crippen LogP contribution in [0.5, 0.6) is 0 Å². The van der Waals surface area contributed by atoms with E-state index in [0.717, 1.165) is 11.3 Å². The zero-order valence-corrected chi connectivity index (χ0v) is 18.7. The van der Waals surface area contributed by atoms with E-state index in [1.54, 1.807) is 0 Å². The zero-order valence-electron chi connectivity index (χ0n) is 17.9. The third-order valence-electron chi connectivity index (χ3n) is 5.40. The first kappa shape index (κ1) is 21.9. The van der Waals surface area contributed by atoms with Gasteiger partial charge in [0.2, 0.25) is 0 Å². The molecule has 0 spiro atoms. The Kier molecular flexibility index (Phi) is 8.32. The number of aryl methyl sites for hydroxylation is 1. The predicted molar refractivity (Wildman–Crippen MR) is 134 cm³/mol. The van der Waals surface area contributed by atoms with E-state index in [1.165, 1.54) is 59.9 Å². The highest BCUT2D eigenvalue weighted by atomic mass is 32.1. The number of hydrogen-bond donors (Lipinski definition) is 0. The molecule has 1 nitrogen and oxygen atoms in total. The number of allylic oxidation sites excluding steroid dienone is 1. The molecule has 0 N–H and O–H groups in total. The second-order valence-electron chi connectivity index (χ2n) is 7.71. The Morgan fingerprint density at radius 1 is 0.833 bits per heavy atom. The number of aliphatic imine (C=N–C) groups is 1. The standard InChI is InChI=1S/C28H29NS/c1-3-4-5-6-7-23-8-12-26(13-9-23)27-16-14-25(15-17-27)22(2)20-24-10-18-28(19-11-24)29-21-30/h8-20H,3-7H2,1-2H3/b22-20+. The van der Waals surface area contributed by atoms with Crippen LogP contribution < -0.4 is 0 Å². The first-order valence-corrected chi connectivity index (χ1v) is 11.2. The number of unbranched alkanes of at least 4 members (excludes halogenated alkanes) is 3. The smallest absolute Gasteiger partial charge is 0.0739 e. The molecular weight excluding hydrogens is 382 g/mol. The van der Waals surface area contributed by atoms with Crippen molar-refractivity contribution in [3.8, 4) is 11.1 Å². The Labute approximate surface area is 186 Å². The molecule has 30 heavy (non-hydrogen) atoms. The fourth-order valence-electron chi connectivity index (χ4n) is 3.58. The highest BCUT2D eigenvalue weighted by Crippen LogP contribution is 2.25. The molecule has 3 rings (SSSR count). The lowest BCUT2D eigenvalue weighted by Crippen LogP contribution is -1.87. The number of benzene rings is 3. The summed E-state index contributed by atoms with van der Waals surface area (Å²) < 4.78 is 0. The van der Waals surface area contributed by atoms with Crippen molar-refractivity contribution in [2.45, 2.75) is 46.0 Å². The van der Waals surface area contributed by atoms with Crippen LogP contribution in [0.1, 0.15) is 56.2 Å². The zero-order chi connectivity index (χ0) is 21.2. The van der Waals surface area contributed by atoms with Crippen LogP contribution in [0, 0.1) is 0 Å². The van der Waals surface area contributed by atoms with Gasteiger partial charge in [0.1, 0.15) is 0 Å². The summed E-state index contributed by atoms with van der Waals surface area (Å²) in [5.74, 6) is 0. The summed E-state index contributed by atoms with van der Waals surface area (Å²) in [6.07, 6.45) is 8.62. The van der Waals surface area contributed by atoms with E-state index in [1.807, 2.05) is 24.3 Å². The van der Waals surface area contributed by atoms with E-state index >= 15 is 0 Å². The van der Waals surface area contributed by atoms with E-state index in [0.29, 0.717) is 0 Å². The monoisotopic (exact) mass is 411 g/mol. The highest BCUT2D eigenvalue weighted by Gasteiger charge is 2.01. The molecule has 0 aromatic heterocycles. The van der Waals surface area contributed by atoms with Crippen LogP contribution in [-0.2, 0) is 6.42 Å². The minimum absolute atomic E-state index is 0.830. The predicted octanol–water partition coefficient (Wildman–Crippen LogP) is 8.77. The number of hydrogen-bond acceptors (Lipinski definition) is 2.